The van der Waals surface area contributed by atoms with Gasteiger partial charge < -0.3 is 0 Å². The Morgan fingerprint density at radius 3 is 2.20 bits per heavy atom. The Kier molecular flexibility index (Phi) is 4.29. The maximum absolute atomic E-state index is 12.3. The van der Waals surface area contributed by atoms with Crippen molar-refractivity contribution in [3.8, 4) is 0 Å². The highest BCUT2D eigenvalue weighted by molar-refractivity contribution is 14.1. The third kappa shape index (κ3) is 2.46. The van der Waals surface area contributed by atoms with E-state index in [0.717, 1.165) is 6.07 Å². The molecule has 0 aliphatic heterocycles. The SMILES string of the molecule is Fc1ccc(I)c(F)c1.P. The lowest BCUT2D eigenvalue weighted by Crippen LogP contribution is -1.81. The average Bonchev–Trinajstić information content (AvgIpc) is 1.80. The first kappa shape index (κ1) is 10.2. The Bertz CT molecular complexity index is 227. The van der Waals surface area contributed by atoms with E-state index < -0.39 is 11.6 Å². The maximum Gasteiger partial charge on any atom is 0.139 e. The van der Waals surface area contributed by atoms with E-state index in [9.17, 15) is 8.78 Å². The van der Waals surface area contributed by atoms with E-state index in [2.05, 4.69) is 0 Å². The number of halogens is 3. The van der Waals surface area contributed by atoms with Gasteiger partial charge in [0, 0.05) is 9.64 Å². The van der Waals surface area contributed by atoms with Gasteiger partial charge in [0.1, 0.15) is 11.6 Å². The lowest BCUT2D eigenvalue weighted by molar-refractivity contribution is 0.578. The zero-order valence-electron chi connectivity index (χ0n) is 5.07. The van der Waals surface area contributed by atoms with Crippen LogP contribution < -0.4 is 0 Å². The van der Waals surface area contributed by atoms with E-state index in [4.69, 9.17) is 0 Å². The van der Waals surface area contributed by atoms with E-state index in [0.29, 0.717) is 3.57 Å². The van der Waals surface area contributed by atoms with Gasteiger partial charge in [0.25, 0.3) is 0 Å². The number of benzene rings is 1. The molecule has 0 nitrogen and oxygen atoms in total. The molecular formula is C6H6F2IP. The average molecular weight is 274 g/mol. The Balaban J connectivity index is 0.000000810. The van der Waals surface area contributed by atoms with Crippen LogP contribution in [0.15, 0.2) is 18.2 Å². The summed E-state index contributed by atoms with van der Waals surface area (Å²) < 4.78 is 24.9. The molecule has 0 saturated carbocycles. The maximum atomic E-state index is 12.3. The van der Waals surface area contributed by atoms with Gasteiger partial charge in [-0.25, -0.2) is 8.78 Å². The fourth-order valence-corrected chi connectivity index (χ4v) is 0.806. The summed E-state index contributed by atoms with van der Waals surface area (Å²) >= 11 is 1.80. The van der Waals surface area contributed by atoms with Crippen molar-refractivity contribution >= 4 is 32.5 Å². The van der Waals surface area contributed by atoms with Crippen molar-refractivity contribution in [1.29, 1.82) is 0 Å². The lowest BCUT2D eigenvalue weighted by Gasteiger charge is -1.90. The highest BCUT2D eigenvalue weighted by Gasteiger charge is 1.97. The van der Waals surface area contributed by atoms with Crippen molar-refractivity contribution in [3.63, 3.8) is 0 Å². The van der Waals surface area contributed by atoms with Crippen LogP contribution in [0.5, 0.6) is 0 Å². The van der Waals surface area contributed by atoms with Crippen LogP contribution in [0.2, 0.25) is 0 Å². The molecule has 0 bridgehead atoms. The first-order valence-electron chi connectivity index (χ1n) is 2.30. The van der Waals surface area contributed by atoms with Crippen LogP contribution in [-0.4, -0.2) is 0 Å². The molecule has 4 heteroatoms. The molecule has 0 radical (unpaired) electrons. The molecule has 1 aromatic rings. The molecule has 0 fully saturated rings. The molecule has 0 N–H and O–H groups in total. The van der Waals surface area contributed by atoms with Gasteiger partial charge in [-0.3, -0.25) is 0 Å². The zero-order valence-corrected chi connectivity index (χ0v) is 8.64. The highest BCUT2D eigenvalue weighted by Crippen LogP contribution is 2.10. The smallest absolute Gasteiger partial charge is 0.139 e. The third-order valence-electron chi connectivity index (χ3n) is 0.882. The molecule has 1 aromatic carbocycles. The molecule has 0 spiro atoms. The second kappa shape index (κ2) is 4.19. The zero-order chi connectivity index (χ0) is 6.85. The summed E-state index contributed by atoms with van der Waals surface area (Å²) in [7, 11) is 0. The summed E-state index contributed by atoms with van der Waals surface area (Å²) in [4.78, 5) is 0. The van der Waals surface area contributed by atoms with Crippen molar-refractivity contribution in [3.05, 3.63) is 33.4 Å². The van der Waals surface area contributed by atoms with Crippen molar-refractivity contribution in [2.24, 2.45) is 0 Å². The number of rotatable bonds is 0. The van der Waals surface area contributed by atoms with Gasteiger partial charge in [0.2, 0.25) is 0 Å². The summed E-state index contributed by atoms with van der Waals surface area (Å²) in [6, 6.07) is 3.48. The topological polar surface area (TPSA) is 0 Å². The molecule has 56 valence electrons. The van der Waals surface area contributed by atoms with Crippen molar-refractivity contribution in [2.75, 3.05) is 0 Å². The highest BCUT2D eigenvalue weighted by atomic mass is 127. The van der Waals surface area contributed by atoms with Gasteiger partial charge in [0.15, 0.2) is 0 Å². The second-order valence-corrected chi connectivity index (χ2v) is 2.72. The minimum absolute atomic E-state index is 0. The van der Waals surface area contributed by atoms with E-state index in [-0.39, 0.29) is 9.90 Å². The molecule has 0 saturated heterocycles. The molecule has 0 heterocycles. The summed E-state index contributed by atoms with van der Waals surface area (Å²) in [5.41, 5.74) is 0. The first-order chi connectivity index (χ1) is 4.20. The van der Waals surface area contributed by atoms with Gasteiger partial charge >= 0.3 is 0 Å². The molecule has 0 aromatic heterocycles. The Labute approximate surface area is 74.8 Å². The fourth-order valence-electron chi connectivity index (χ4n) is 0.470. The van der Waals surface area contributed by atoms with Crippen LogP contribution in [-0.2, 0) is 0 Å². The monoisotopic (exact) mass is 274 g/mol. The minimum atomic E-state index is -0.534. The molecule has 1 atom stereocenters. The summed E-state index contributed by atoms with van der Waals surface area (Å²) in [5.74, 6) is -1.04. The van der Waals surface area contributed by atoms with Gasteiger partial charge in [-0.05, 0) is 34.7 Å². The van der Waals surface area contributed by atoms with Crippen molar-refractivity contribution in [2.45, 2.75) is 0 Å². The van der Waals surface area contributed by atoms with E-state index in [1.54, 1.807) is 22.6 Å². The molecule has 0 aliphatic rings. The fraction of sp³-hybridized carbons (Fsp3) is 0. The summed E-state index contributed by atoms with van der Waals surface area (Å²) in [5, 5.41) is 0. The van der Waals surface area contributed by atoms with Crippen LogP contribution in [0, 0.1) is 15.2 Å². The molecule has 0 amide bonds. The summed E-state index contributed by atoms with van der Waals surface area (Å²) in [6.45, 7) is 0. The molecule has 1 unspecified atom stereocenters. The van der Waals surface area contributed by atoms with Gasteiger partial charge in [-0.1, -0.05) is 0 Å². The standard InChI is InChI=1S/C6H3F2I.H3P/c7-4-1-2-6(9)5(8)3-4;/h1-3H;1H3. The van der Waals surface area contributed by atoms with E-state index >= 15 is 0 Å². The van der Waals surface area contributed by atoms with Crippen LogP contribution >= 0.6 is 32.5 Å². The van der Waals surface area contributed by atoms with Crippen molar-refractivity contribution < 1.29 is 8.78 Å². The summed E-state index contributed by atoms with van der Waals surface area (Å²) in [6.07, 6.45) is 0. The van der Waals surface area contributed by atoms with Gasteiger partial charge in [-0.15, -0.1) is 0 Å². The predicted octanol–water partition coefficient (Wildman–Crippen LogP) is 2.63. The van der Waals surface area contributed by atoms with E-state index in [1.807, 2.05) is 0 Å². The van der Waals surface area contributed by atoms with Gasteiger partial charge in [0.05, 0.1) is 0 Å². The first-order valence-corrected chi connectivity index (χ1v) is 3.38. The largest absolute Gasteiger partial charge is 0.207 e. The predicted molar refractivity (Wildman–Crippen MR) is 50.2 cm³/mol. The quantitative estimate of drug-likeness (QED) is 0.387. The van der Waals surface area contributed by atoms with Crippen LogP contribution in [0.4, 0.5) is 8.78 Å². The van der Waals surface area contributed by atoms with Crippen molar-refractivity contribution in [1.82, 2.24) is 0 Å². The van der Waals surface area contributed by atoms with Gasteiger partial charge in [-0.2, -0.15) is 9.90 Å². The number of hydrogen-bond donors (Lipinski definition) is 0. The Morgan fingerprint density at radius 2 is 1.80 bits per heavy atom. The van der Waals surface area contributed by atoms with Crippen LogP contribution in [0.25, 0.3) is 0 Å². The number of hydrogen-bond acceptors (Lipinski definition) is 0. The third-order valence-corrected chi connectivity index (χ3v) is 1.76. The lowest BCUT2D eigenvalue weighted by atomic mass is 10.3. The van der Waals surface area contributed by atoms with Crippen LogP contribution in [0.1, 0.15) is 0 Å². The molecule has 1 rings (SSSR count). The Morgan fingerprint density at radius 1 is 1.20 bits per heavy atom. The normalized spacial score (nSPS) is 8.70. The van der Waals surface area contributed by atoms with Crippen LogP contribution in [0.3, 0.4) is 0 Å². The van der Waals surface area contributed by atoms with E-state index in [1.165, 1.54) is 12.1 Å². The Hall–Kier alpha value is 0.240. The molecular weight excluding hydrogens is 268 g/mol. The second-order valence-electron chi connectivity index (χ2n) is 1.56. The minimum Gasteiger partial charge on any atom is -0.207 e. The molecule has 0 aliphatic carbocycles. The molecule has 10 heavy (non-hydrogen) atoms.